The Kier molecular flexibility index (Phi) is 3.60. The fourth-order valence-electron chi connectivity index (χ4n) is 1.00. The summed E-state index contributed by atoms with van der Waals surface area (Å²) in [4.78, 5) is 14.4. The predicted octanol–water partition coefficient (Wildman–Crippen LogP) is 0.864. The van der Waals surface area contributed by atoms with Crippen molar-refractivity contribution in [2.45, 2.75) is 13.3 Å². The zero-order valence-corrected chi connectivity index (χ0v) is 7.90. The minimum absolute atomic E-state index is 0.667. The number of urea groups is 1. The maximum Gasteiger partial charge on any atom is 0.332 e. The van der Waals surface area contributed by atoms with E-state index in [0.29, 0.717) is 6.42 Å². The number of carbonyl (C=O) groups excluding carboxylic acids is 1. The van der Waals surface area contributed by atoms with Crippen molar-refractivity contribution < 1.29 is 4.79 Å². The fourth-order valence-corrected chi connectivity index (χ4v) is 1.00. The first-order valence-corrected chi connectivity index (χ1v) is 4.26. The van der Waals surface area contributed by atoms with Crippen molar-refractivity contribution in [3.05, 3.63) is 30.1 Å². The number of hydrogen-bond donors (Lipinski definition) is 2. The molecule has 3 N–H and O–H groups in total. The van der Waals surface area contributed by atoms with Gasteiger partial charge in [0.1, 0.15) is 0 Å². The van der Waals surface area contributed by atoms with Crippen molar-refractivity contribution in [3.63, 3.8) is 0 Å². The molecule has 0 aliphatic rings. The van der Waals surface area contributed by atoms with Crippen molar-refractivity contribution in [1.82, 2.24) is 10.4 Å². The molecule has 2 amide bonds. The molecular weight excluding hydrogens is 180 g/mol. The van der Waals surface area contributed by atoms with Gasteiger partial charge < -0.3 is 5.73 Å². The van der Waals surface area contributed by atoms with Gasteiger partial charge >= 0.3 is 6.03 Å². The van der Waals surface area contributed by atoms with Gasteiger partial charge in [-0.15, -0.1) is 0 Å². The van der Waals surface area contributed by atoms with Gasteiger partial charge in [-0.05, 0) is 12.5 Å². The van der Waals surface area contributed by atoms with Crippen LogP contribution in [0, 0.1) is 0 Å². The lowest BCUT2D eigenvalue weighted by molar-refractivity contribution is 0.249. The van der Waals surface area contributed by atoms with E-state index in [-0.39, 0.29) is 0 Å². The number of hydrazone groups is 1. The summed E-state index contributed by atoms with van der Waals surface area (Å²) in [5.41, 5.74) is 8.72. The highest BCUT2D eigenvalue weighted by molar-refractivity contribution is 6.00. The first-order valence-electron chi connectivity index (χ1n) is 4.26. The first kappa shape index (κ1) is 10.2. The maximum absolute atomic E-state index is 10.4. The highest BCUT2D eigenvalue weighted by atomic mass is 16.2. The van der Waals surface area contributed by atoms with Crippen LogP contribution in [0.1, 0.15) is 18.9 Å². The molecule has 1 aromatic rings. The molecule has 0 atom stereocenters. The van der Waals surface area contributed by atoms with Gasteiger partial charge in [0, 0.05) is 18.0 Å². The zero-order valence-electron chi connectivity index (χ0n) is 7.90. The molecule has 1 aromatic heterocycles. The number of nitrogens with one attached hydrogen (secondary N) is 1. The summed E-state index contributed by atoms with van der Waals surface area (Å²) < 4.78 is 0. The van der Waals surface area contributed by atoms with Gasteiger partial charge in [0.2, 0.25) is 0 Å². The summed E-state index contributed by atoms with van der Waals surface area (Å²) >= 11 is 0. The molecule has 1 rings (SSSR count). The van der Waals surface area contributed by atoms with Gasteiger partial charge in [-0.25, -0.2) is 10.2 Å². The van der Waals surface area contributed by atoms with Crippen LogP contribution in [0.4, 0.5) is 4.79 Å². The van der Waals surface area contributed by atoms with Gasteiger partial charge in [-0.2, -0.15) is 5.10 Å². The lowest BCUT2D eigenvalue weighted by Crippen LogP contribution is -2.25. The van der Waals surface area contributed by atoms with Crippen LogP contribution in [-0.2, 0) is 0 Å². The summed E-state index contributed by atoms with van der Waals surface area (Å²) in [7, 11) is 0. The molecule has 0 fully saturated rings. The minimum atomic E-state index is -0.667. The third kappa shape index (κ3) is 2.85. The summed E-state index contributed by atoms with van der Waals surface area (Å²) in [6, 6.07) is 3.02. The second kappa shape index (κ2) is 4.96. The highest BCUT2D eigenvalue weighted by Gasteiger charge is 2.00. The van der Waals surface area contributed by atoms with E-state index in [4.69, 9.17) is 5.73 Å². The zero-order chi connectivity index (χ0) is 10.4. The second-order valence-electron chi connectivity index (χ2n) is 2.63. The van der Waals surface area contributed by atoms with Crippen LogP contribution >= 0.6 is 0 Å². The summed E-state index contributed by atoms with van der Waals surface area (Å²) in [5, 5.41) is 3.86. The van der Waals surface area contributed by atoms with E-state index in [0.717, 1.165) is 11.3 Å². The Balaban J connectivity index is 2.82. The van der Waals surface area contributed by atoms with Gasteiger partial charge in [0.25, 0.3) is 0 Å². The van der Waals surface area contributed by atoms with E-state index in [1.807, 2.05) is 19.1 Å². The van der Waals surface area contributed by atoms with Crippen LogP contribution in [-0.4, -0.2) is 16.7 Å². The largest absolute Gasteiger partial charge is 0.350 e. The first-order chi connectivity index (χ1) is 6.74. The van der Waals surface area contributed by atoms with Crippen molar-refractivity contribution >= 4 is 11.7 Å². The molecule has 0 aromatic carbocycles. The lowest BCUT2D eigenvalue weighted by atomic mass is 10.1. The number of aromatic nitrogens is 1. The Morgan fingerprint density at radius 1 is 1.71 bits per heavy atom. The lowest BCUT2D eigenvalue weighted by Gasteiger charge is -2.02. The van der Waals surface area contributed by atoms with Crippen LogP contribution in [0.25, 0.3) is 0 Å². The fraction of sp³-hybridized carbons (Fsp3) is 0.222. The molecule has 0 spiro atoms. The predicted molar refractivity (Wildman–Crippen MR) is 53.8 cm³/mol. The molecule has 1 heterocycles. The van der Waals surface area contributed by atoms with Crippen LogP contribution in [0.3, 0.4) is 0 Å². The van der Waals surface area contributed by atoms with E-state index in [1.54, 1.807) is 12.4 Å². The Labute approximate surface area is 82.0 Å². The molecule has 0 aliphatic heterocycles. The Hall–Kier alpha value is -1.91. The Bertz CT molecular complexity index is 334. The Morgan fingerprint density at radius 3 is 3.00 bits per heavy atom. The minimum Gasteiger partial charge on any atom is -0.350 e. The van der Waals surface area contributed by atoms with Gasteiger partial charge in [-0.3, -0.25) is 4.98 Å². The molecule has 0 bridgehead atoms. The Morgan fingerprint density at radius 2 is 2.50 bits per heavy atom. The van der Waals surface area contributed by atoms with E-state index >= 15 is 0 Å². The number of rotatable bonds is 3. The van der Waals surface area contributed by atoms with Gasteiger partial charge in [0.15, 0.2) is 0 Å². The molecule has 0 unspecified atom stereocenters. The van der Waals surface area contributed by atoms with Gasteiger partial charge in [0.05, 0.1) is 5.71 Å². The standard InChI is InChI=1S/C9H12N4O/c1-2-8(12-13-9(10)14)7-4-3-5-11-6-7/h3-6H,2H2,1H3,(H3,10,13,14). The third-order valence-electron chi connectivity index (χ3n) is 1.63. The molecule has 5 nitrogen and oxygen atoms in total. The quantitative estimate of drug-likeness (QED) is 0.550. The van der Waals surface area contributed by atoms with E-state index < -0.39 is 6.03 Å². The number of primary amides is 1. The van der Waals surface area contributed by atoms with E-state index in [2.05, 4.69) is 15.5 Å². The second-order valence-corrected chi connectivity index (χ2v) is 2.63. The average Bonchev–Trinajstić information content (AvgIpc) is 2.20. The number of pyridine rings is 1. The summed E-state index contributed by atoms with van der Waals surface area (Å²) in [6.45, 7) is 1.94. The molecule has 14 heavy (non-hydrogen) atoms. The topological polar surface area (TPSA) is 80.4 Å². The van der Waals surface area contributed by atoms with Crippen molar-refractivity contribution in [2.24, 2.45) is 10.8 Å². The molecular formula is C9H12N4O. The molecule has 0 aliphatic carbocycles. The smallest absolute Gasteiger partial charge is 0.332 e. The van der Waals surface area contributed by atoms with Crippen molar-refractivity contribution in [2.75, 3.05) is 0 Å². The number of hydrogen-bond acceptors (Lipinski definition) is 3. The molecule has 0 saturated carbocycles. The molecule has 0 saturated heterocycles. The summed E-state index contributed by atoms with van der Waals surface area (Å²) in [5.74, 6) is 0. The molecule has 5 heteroatoms. The average molecular weight is 192 g/mol. The molecule has 74 valence electrons. The maximum atomic E-state index is 10.4. The SMILES string of the molecule is CCC(=NNC(N)=O)c1cccnc1. The normalized spacial score (nSPS) is 11.1. The van der Waals surface area contributed by atoms with Crippen LogP contribution in [0.2, 0.25) is 0 Å². The van der Waals surface area contributed by atoms with E-state index in [9.17, 15) is 4.79 Å². The number of amides is 2. The number of nitrogens with zero attached hydrogens (tertiary/aromatic N) is 2. The van der Waals surface area contributed by atoms with E-state index in [1.165, 1.54) is 0 Å². The third-order valence-corrected chi connectivity index (χ3v) is 1.63. The highest BCUT2D eigenvalue weighted by Crippen LogP contribution is 2.01. The summed E-state index contributed by atoms with van der Waals surface area (Å²) in [6.07, 6.45) is 4.06. The number of carbonyl (C=O) groups is 1. The van der Waals surface area contributed by atoms with Crippen molar-refractivity contribution in [1.29, 1.82) is 0 Å². The van der Waals surface area contributed by atoms with Crippen LogP contribution < -0.4 is 11.2 Å². The van der Waals surface area contributed by atoms with Crippen molar-refractivity contribution in [3.8, 4) is 0 Å². The molecule has 0 radical (unpaired) electrons. The monoisotopic (exact) mass is 192 g/mol. The van der Waals surface area contributed by atoms with Crippen LogP contribution in [0.5, 0.6) is 0 Å². The number of nitrogens with two attached hydrogens (primary N) is 1. The van der Waals surface area contributed by atoms with Gasteiger partial charge in [-0.1, -0.05) is 13.0 Å². The van der Waals surface area contributed by atoms with Crippen LogP contribution in [0.15, 0.2) is 29.6 Å².